The summed E-state index contributed by atoms with van der Waals surface area (Å²) in [7, 11) is 0. The Morgan fingerprint density at radius 3 is 2.80 bits per heavy atom. The van der Waals surface area contributed by atoms with E-state index in [4.69, 9.17) is 5.73 Å². The Bertz CT molecular complexity index is 795. The molecule has 0 bridgehead atoms. The van der Waals surface area contributed by atoms with Crippen LogP contribution in [0, 0.1) is 9.39 Å². The highest BCUT2D eigenvalue weighted by atomic mass is 127. The molecule has 0 aliphatic rings. The fraction of sp³-hybridized carbons (Fsp3) is 0.133. The van der Waals surface area contributed by atoms with Gasteiger partial charge >= 0.3 is 0 Å². The number of aromatic nitrogens is 2. The summed E-state index contributed by atoms with van der Waals surface area (Å²) in [5.41, 5.74) is 9.20. The van der Waals surface area contributed by atoms with Crippen molar-refractivity contribution < 1.29 is 4.39 Å². The molecule has 3 rings (SSSR count). The van der Waals surface area contributed by atoms with Crippen LogP contribution in [0.5, 0.6) is 0 Å². The Labute approximate surface area is 129 Å². The predicted octanol–water partition coefficient (Wildman–Crippen LogP) is 4.05. The second-order valence-electron chi connectivity index (χ2n) is 4.54. The van der Waals surface area contributed by atoms with Crippen LogP contribution >= 0.6 is 22.6 Å². The molecule has 0 unspecified atom stereocenters. The maximum Gasteiger partial charge on any atom is 0.143 e. The molecule has 0 saturated carbocycles. The van der Waals surface area contributed by atoms with E-state index in [1.807, 2.05) is 25.1 Å². The molecule has 0 aliphatic carbocycles. The average molecular weight is 381 g/mol. The van der Waals surface area contributed by atoms with E-state index < -0.39 is 0 Å². The molecule has 0 amide bonds. The Hall–Kier alpha value is -1.63. The average Bonchev–Trinajstić information content (AvgIpc) is 2.78. The van der Waals surface area contributed by atoms with Crippen molar-refractivity contribution in [2.24, 2.45) is 0 Å². The summed E-state index contributed by atoms with van der Waals surface area (Å²) in [6.07, 6.45) is 0. The third-order valence-electron chi connectivity index (χ3n) is 3.28. The highest BCUT2D eigenvalue weighted by Gasteiger charge is 2.14. The van der Waals surface area contributed by atoms with Crippen molar-refractivity contribution in [1.29, 1.82) is 0 Å². The normalized spacial score (nSPS) is 11.2. The van der Waals surface area contributed by atoms with Crippen molar-refractivity contribution in [2.75, 3.05) is 5.73 Å². The fourth-order valence-electron chi connectivity index (χ4n) is 2.35. The van der Waals surface area contributed by atoms with Gasteiger partial charge in [0.25, 0.3) is 0 Å². The molecule has 0 spiro atoms. The third kappa shape index (κ3) is 2.15. The van der Waals surface area contributed by atoms with Gasteiger partial charge in [-0.1, -0.05) is 0 Å². The summed E-state index contributed by atoms with van der Waals surface area (Å²) in [5, 5.41) is 0. The third-order valence-corrected chi connectivity index (χ3v) is 3.95. The topological polar surface area (TPSA) is 43.8 Å². The SMILES string of the molecule is CCn1c(-c2cc(I)ccc2N)nc2cc(F)ccc21. The highest BCUT2D eigenvalue weighted by Crippen LogP contribution is 2.30. The standard InChI is InChI=1S/C15H13FIN3/c1-2-20-14-6-3-9(16)7-13(14)19-15(20)11-8-10(17)4-5-12(11)18/h3-8H,2,18H2,1H3. The van der Waals surface area contributed by atoms with Crippen LogP contribution in [-0.4, -0.2) is 9.55 Å². The molecule has 0 saturated heterocycles. The summed E-state index contributed by atoms with van der Waals surface area (Å²) in [6, 6.07) is 10.5. The van der Waals surface area contributed by atoms with Crippen LogP contribution in [0.2, 0.25) is 0 Å². The quantitative estimate of drug-likeness (QED) is 0.538. The molecule has 1 heterocycles. The molecule has 102 valence electrons. The lowest BCUT2D eigenvalue weighted by atomic mass is 10.1. The molecule has 3 nitrogen and oxygen atoms in total. The van der Waals surface area contributed by atoms with Crippen LogP contribution in [0.4, 0.5) is 10.1 Å². The molecular formula is C15H13FIN3. The minimum Gasteiger partial charge on any atom is -0.398 e. The Kier molecular flexibility index (Phi) is 3.37. The van der Waals surface area contributed by atoms with E-state index in [-0.39, 0.29) is 5.82 Å². The molecular weight excluding hydrogens is 368 g/mol. The zero-order chi connectivity index (χ0) is 14.3. The van der Waals surface area contributed by atoms with Crippen LogP contribution in [0.1, 0.15) is 6.92 Å². The van der Waals surface area contributed by atoms with Crippen LogP contribution in [0.3, 0.4) is 0 Å². The zero-order valence-corrected chi connectivity index (χ0v) is 13.1. The lowest BCUT2D eigenvalue weighted by Crippen LogP contribution is -2.00. The van der Waals surface area contributed by atoms with E-state index in [0.29, 0.717) is 11.2 Å². The number of benzene rings is 2. The van der Waals surface area contributed by atoms with Crippen molar-refractivity contribution in [3.05, 3.63) is 45.8 Å². The molecule has 0 fully saturated rings. The van der Waals surface area contributed by atoms with Gasteiger partial charge in [0, 0.05) is 27.4 Å². The largest absolute Gasteiger partial charge is 0.398 e. The van der Waals surface area contributed by atoms with Crippen LogP contribution in [0.15, 0.2) is 36.4 Å². The van der Waals surface area contributed by atoms with Gasteiger partial charge in [0.05, 0.1) is 11.0 Å². The fourth-order valence-corrected chi connectivity index (χ4v) is 2.84. The van der Waals surface area contributed by atoms with Gasteiger partial charge in [0.1, 0.15) is 11.6 Å². The lowest BCUT2D eigenvalue weighted by Gasteiger charge is -2.09. The van der Waals surface area contributed by atoms with Crippen molar-refractivity contribution in [1.82, 2.24) is 9.55 Å². The first-order valence-electron chi connectivity index (χ1n) is 6.31. The molecule has 0 radical (unpaired) electrons. The summed E-state index contributed by atoms with van der Waals surface area (Å²) in [6.45, 7) is 2.79. The molecule has 20 heavy (non-hydrogen) atoms. The number of nitrogens with two attached hydrogens (primary N) is 1. The molecule has 0 atom stereocenters. The van der Waals surface area contributed by atoms with E-state index in [1.165, 1.54) is 12.1 Å². The van der Waals surface area contributed by atoms with Crippen LogP contribution in [0.25, 0.3) is 22.4 Å². The number of imidazole rings is 1. The maximum atomic E-state index is 13.4. The number of fused-ring (bicyclic) bond motifs is 1. The van der Waals surface area contributed by atoms with Crippen molar-refractivity contribution in [2.45, 2.75) is 13.5 Å². The Morgan fingerprint density at radius 1 is 1.25 bits per heavy atom. The maximum absolute atomic E-state index is 13.4. The summed E-state index contributed by atoms with van der Waals surface area (Å²) in [4.78, 5) is 4.56. The number of nitrogen functional groups attached to an aromatic ring is 1. The molecule has 2 N–H and O–H groups in total. The number of aryl methyl sites for hydroxylation is 1. The minimum atomic E-state index is -0.277. The van der Waals surface area contributed by atoms with E-state index in [9.17, 15) is 4.39 Å². The van der Waals surface area contributed by atoms with Gasteiger partial charge in [0.2, 0.25) is 0 Å². The van der Waals surface area contributed by atoms with E-state index in [0.717, 1.165) is 27.0 Å². The Balaban J connectivity index is 2.32. The van der Waals surface area contributed by atoms with Gasteiger partial charge in [0.15, 0.2) is 0 Å². The van der Waals surface area contributed by atoms with Gasteiger partial charge in [-0.2, -0.15) is 0 Å². The minimum absolute atomic E-state index is 0.277. The van der Waals surface area contributed by atoms with Crippen molar-refractivity contribution in [3.8, 4) is 11.4 Å². The van der Waals surface area contributed by atoms with Gasteiger partial charge in [-0.25, -0.2) is 9.37 Å². The second-order valence-corrected chi connectivity index (χ2v) is 5.79. The van der Waals surface area contributed by atoms with Crippen molar-refractivity contribution >= 4 is 39.3 Å². The summed E-state index contributed by atoms with van der Waals surface area (Å²) >= 11 is 2.24. The Morgan fingerprint density at radius 2 is 2.05 bits per heavy atom. The molecule has 2 aromatic carbocycles. The number of rotatable bonds is 2. The predicted molar refractivity (Wildman–Crippen MR) is 87.9 cm³/mol. The monoisotopic (exact) mass is 381 g/mol. The first-order chi connectivity index (χ1) is 9.60. The number of hydrogen-bond acceptors (Lipinski definition) is 2. The van der Waals surface area contributed by atoms with Gasteiger partial charge in [-0.3, -0.25) is 0 Å². The number of anilines is 1. The van der Waals surface area contributed by atoms with E-state index in [2.05, 4.69) is 32.1 Å². The van der Waals surface area contributed by atoms with E-state index >= 15 is 0 Å². The summed E-state index contributed by atoms with van der Waals surface area (Å²) in [5.74, 6) is 0.504. The number of hydrogen-bond donors (Lipinski definition) is 1. The second kappa shape index (κ2) is 5.05. The molecule has 0 aliphatic heterocycles. The van der Waals surface area contributed by atoms with Crippen molar-refractivity contribution in [3.63, 3.8) is 0 Å². The smallest absolute Gasteiger partial charge is 0.143 e. The first-order valence-corrected chi connectivity index (χ1v) is 7.39. The van der Waals surface area contributed by atoms with E-state index in [1.54, 1.807) is 6.07 Å². The molecule has 5 heteroatoms. The van der Waals surface area contributed by atoms with Gasteiger partial charge in [-0.05, 0) is 59.8 Å². The van der Waals surface area contributed by atoms with Crippen LogP contribution in [-0.2, 0) is 6.54 Å². The van der Waals surface area contributed by atoms with Gasteiger partial charge < -0.3 is 10.3 Å². The molecule has 3 aromatic rings. The lowest BCUT2D eigenvalue weighted by molar-refractivity contribution is 0.629. The zero-order valence-electron chi connectivity index (χ0n) is 10.9. The first kappa shape index (κ1) is 13.4. The molecule has 1 aromatic heterocycles. The highest BCUT2D eigenvalue weighted by molar-refractivity contribution is 14.1. The number of halogens is 2. The van der Waals surface area contributed by atoms with Crippen LogP contribution < -0.4 is 5.73 Å². The summed E-state index contributed by atoms with van der Waals surface area (Å²) < 4.78 is 16.5. The van der Waals surface area contributed by atoms with Gasteiger partial charge in [-0.15, -0.1) is 0 Å². The number of nitrogens with zero attached hydrogens (tertiary/aromatic N) is 2.